The third kappa shape index (κ3) is 4.70. The van der Waals surface area contributed by atoms with Gasteiger partial charge in [-0.25, -0.2) is 17.5 Å². The van der Waals surface area contributed by atoms with Crippen molar-refractivity contribution in [2.24, 2.45) is 5.92 Å². The fourth-order valence-electron chi connectivity index (χ4n) is 2.24. The van der Waals surface area contributed by atoms with E-state index in [2.05, 4.69) is 10.0 Å². The van der Waals surface area contributed by atoms with Crippen LogP contribution in [0.4, 0.5) is 4.39 Å². The highest BCUT2D eigenvalue weighted by Gasteiger charge is 2.17. The number of rotatable bonds is 5. The Bertz CT molecular complexity index is 559. The van der Waals surface area contributed by atoms with Gasteiger partial charge in [-0.05, 0) is 49.5 Å². The summed E-state index contributed by atoms with van der Waals surface area (Å²) in [6, 6.07) is 3.96. The Labute approximate surface area is 123 Å². The van der Waals surface area contributed by atoms with Gasteiger partial charge < -0.3 is 5.32 Å². The molecule has 112 valence electrons. The molecule has 0 aliphatic carbocycles. The highest BCUT2D eigenvalue weighted by molar-refractivity contribution is 7.88. The van der Waals surface area contributed by atoms with Gasteiger partial charge in [0, 0.05) is 6.54 Å². The summed E-state index contributed by atoms with van der Waals surface area (Å²) >= 11 is 5.64. The molecule has 1 aromatic rings. The Balaban J connectivity index is 1.91. The van der Waals surface area contributed by atoms with Crippen LogP contribution < -0.4 is 10.0 Å². The van der Waals surface area contributed by atoms with E-state index in [1.807, 2.05) is 0 Å². The first-order chi connectivity index (χ1) is 9.46. The van der Waals surface area contributed by atoms with Crippen LogP contribution in [0, 0.1) is 11.7 Å². The van der Waals surface area contributed by atoms with Crippen LogP contribution in [0.25, 0.3) is 0 Å². The van der Waals surface area contributed by atoms with Gasteiger partial charge in [-0.15, -0.1) is 0 Å². The monoisotopic (exact) mass is 320 g/mol. The molecule has 1 atom stereocenters. The standard InChI is InChI=1S/C13H18ClFN2O2S/c14-12-6-10(3-4-13(12)15)9-20(18,19)17-8-11-2-1-5-16-7-11/h3-4,6,11,16-17H,1-2,5,7-9H2. The molecule has 0 spiro atoms. The summed E-state index contributed by atoms with van der Waals surface area (Å²) in [5, 5.41) is 3.18. The quantitative estimate of drug-likeness (QED) is 0.871. The molecule has 7 heteroatoms. The Morgan fingerprint density at radius 3 is 2.90 bits per heavy atom. The Morgan fingerprint density at radius 1 is 1.45 bits per heavy atom. The van der Waals surface area contributed by atoms with E-state index in [1.165, 1.54) is 18.2 Å². The minimum atomic E-state index is -3.42. The van der Waals surface area contributed by atoms with Crippen LogP contribution in [-0.4, -0.2) is 28.1 Å². The average Bonchev–Trinajstić information content (AvgIpc) is 2.42. The van der Waals surface area contributed by atoms with Gasteiger partial charge in [-0.1, -0.05) is 17.7 Å². The fraction of sp³-hybridized carbons (Fsp3) is 0.538. The number of sulfonamides is 1. The van der Waals surface area contributed by atoms with Gasteiger partial charge >= 0.3 is 0 Å². The lowest BCUT2D eigenvalue weighted by molar-refractivity contribution is 0.376. The number of halogens is 2. The maximum Gasteiger partial charge on any atom is 0.215 e. The van der Waals surface area contributed by atoms with E-state index in [0.717, 1.165) is 25.9 Å². The highest BCUT2D eigenvalue weighted by atomic mass is 35.5. The van der Waals surface area contributed by atoms with Crippen molar-refractivity contribution in [3.63, 3.8) is 0 Å². The summed E-state index contributed by atoms with van der Waals surface area (Å²) in [5.74, 6) is -0.406. The largest absolute Gasteiger partial charge is 0.316 e. The molecule has 0 aromatic heterocycles. The summed E-state index contributed by atoms with van der Waals surface area (Å²) < 4.78 is 39.6. The summed E-state index contributed by atoms with van der Waals surface area (Å²) in [6.45, 7) is 2.27. The average molecular weight is 321 g/mol. The number of nitrogens with one attached hydrogen (secondary N) is 2. The van der Waals surface area contributed by atoms with Crippen molar-refractivity contribution < 1.29 is 12.8 Å². The van der Waals surface area contributed by atoms with Gasteiger partial charge in [0.05, 0.1) is 10.8 Å². The molecule has 2 N–H and O–H groups in total. The van der Waals surface area contributed by atoms with Crippen molar-refractivity contribution in [3.05, 3.63) is 34.6 Å². The maximum absolute atomic E-state index is 13.0. The van der Waals surface area contributed by atoms with Crippen molar-refractivity contribution in [3.8, 4) is 0 Å². The van der Waals surface area contributed by atoms with Crippen molar-refractivity contribution in [1.82, 2.24) is 10.0 Å². The van der Waals surface area contributed by atoms with Crippen LogP contribution >= 0.6 is 11.6 Å². The Morgan fingerprint density at radius 2 is 2.25 bits per heavy atom. The molecule has 1 fully saturated rings. The fourth-order valence-corrected chi connectivity index (χ4v) is 3.66. The van der Waals surface area contributed by atoms with Crippen LogP contribution in [-0.2, 0) is 15.8 Å². The first kappa shape index (κ1) is 15.7. The second kappa shape index (κ2) is 6.85. The molecule has 1 aliphatic rings. The zero-order valence-corrected chi connectivity index (χ0v) is 12.6. The Kier molecular flexibility index (Phi) is 5.37. The predicted octanol–water partition coefficient (Wildman–Crippen LogP) is 1.90. The first-order valence-electron chi connectivity index (χ1n) is 6.58. The molecule has 1 unspecified atom stereocenters. The molecule has 2 rings (SSSR count). The molecule has 20 heavy (non-hydrogen) atoms. The van der Waals surface area contributed by atoms with E-state index >= 15 is 0 Å². The molecule has 0 radical (unpaired) electrons. The molecule has 4 nitrogen and oxygen atoms in total. The Hall–Kier alpha value is -0.690. The van der Waals surface area contributed by atoms with Crippen molar-refractivity contribution in [2.45, 2.75) is 18.6 Å². The normalized spacial score (nSPS) is 20.0. The van der Waals surface area contributed by atoms with E-state index < -0.39 is 15.8 Å². The SMILES string of the molecule is O=S(=O)(Cc1ccc(F)c(Cl)c1)NCC1CCCNC1. The van der Waals surface area contributed by atoms with E-state index in [-0.39, 0.29) is 10.8 Å². The lowest BCUT2D eigenvalue weighted by Crippen LogP contribution is -2.38. The molecular weight excluding hydrogens is 303 g/mol. The molecule has 0 saturated carbocycles. The van der Waals surface area contributed by atoms with Gasteiger partial charge in [0.15, 0.2) is 0 Å². The van der Waals surface area contributed by atoms with Crippen LogP contribution in [0.2, 0.25) is 5.02 Å². The minimum absolute atomic E-state index is 0.0609. The van der Waals surface area contributed by atoms with Crippen LogP contribution in [0.3, 0.4) is 0 Å². The lowest BCUT2D eigenvalue weighted by atomic mass is 10.0. The summed E-state index contributed by atoms with van der Waals surface area (Å²) in [7, 11) is -3.42. The van der Waals surface area contributed by atoms with Crippen LogP contribution in [0.15, 0.2) is 18.2 Å². The smallest absolute Gasteiger partial charge is 0.215 e. The molecule has 0 bridgehead atoms. The van der Waals surface area contributed by atoms with Crippen molar-refractivity contribution in [1.29, 1.82) is 0 Å². The molecule has 0 amide bonds. The summed E-state index contributed by atoms with van der Waals surface area (Å²) in [6.07, 6.45) is 2.10. The van der Waals surface area contributed by atoms with Gasteiger partial charge in [-0.2, -0.15) is 0 Å². The zero-order valence-electron chi connectivity index (χ0n) is 11.0. The lowest BCUT2D eigenvalue weighted by Gasteiger charge is -2.22. The van der Waals surface area contributed by atoms with Gasteiger partial charge in [-0.3, -0.25) is 0 Å². The molecule has 1 heterocycles. The molecule has 1 saturated heterocycles. The van der Waals surface area contributed by atoms with E-state index in [0.29, 0.717) is 18.0 Å². The number of benzene rings is 1. The van der Waals surface area contributed by atoms with Gasteiger partial charge in [0.2, 0.25) is 10.0 Å². The zero-order chi connectivity index (χ0) is 14.6. The van der Waals surface area contributed by atoms with E-state index in [9.17, 15) is 12.8 Å². The van der Waals surface area contributed by atoms with Gasteiger partial charge in [0.25, 0.3) is 0 Å². The van der Waals surface area contributed by atoms with Crippen LogP contribution in [0.1, 0.15) is 18.4 Å². The summed E-state index contributed by atoms with van der Waals surface area (Å²) in [5.41, 5.74) is 0.477. The molecular formula is C13H18ClFN2O2S. The van der Waals surface area contributed by atoms with Gasteiger partial charge in [0.1, 0.15) is 5.82 Å². The maximum atomic E-state index is 13.0. The number of hydrogen-bond donors (Lipinski definition) is 2. The molecule has 1 aromatic carbocycles. The third-order valence-corrected chi connectivity index (χ3v) is 4.94. The first-order valence-corrected chi connectivity index (χ1v) is 8.61. The van der Waals surface area contributed by atoms with Crippen molar-refractivity contribution >= 4 is 21.6 Å². The summed E-state index contributed by atoms with van der Waals surface area (Å²) in [4.78, 5) is 0. The second-order valence-electron chi connectivity index (χ2n) is 5.07. The second-order valence-corrected chi connectivity index (χ2v) is 7.28. The number of piperidine rings is 1. The van der Waals surface area contributed by atoms with E-state index in [4.69, 9.17) is 11.6 Å². The predicted molar refractivity (Wildman–Crippen MR) is 77.6 cm³/mol. The number of hydrogen-bond acceptors (Lipinski definition) is 3. The highest BCUT2D eigenvalue weighted by Crippen LogP contribution is 2.17. The topological polar surface area (TPSA) is 58.2 Å². The molecule has 1 aliphatic heterocycles. The van der Waals surface area contributed by atoms with Crippen molar-refractivity contribution in [2.75, 3.05) is 19.6 Å². The van der Waals surface area contributed by atoms with E-state index in [1.54, 1.807) is 0 Å². The third-order valence-electron chi connectivity index (χ3n) is 3.33. The minimum Gasteiger partial charge on any atom is -0.316 e. The van der Waals surface area contributed by atoms with Crippen LogP contribution in [0.5, 0.6) is 0 Å².